The number of amides is 1. The number of hydrogen-bond acceptors (Lipinski definition) is 3. The van der Waals surface area contributed by atoms with Crippen molar-refractivity contribution in [3.05, 3.63) is 30.1 Å². The van der Waals surface area contributed by atoms with Gasteiger partial charge in [-0.15, -0.1) is 0 Å². The molecule has 0 fully saturated rings. The highest BCUT2D eigenvalue weighted by molar-refractivity contribution is 5.81. The van der Waals surface area contributed by atoms with Crippen molar-refractivity contribution < 1.29 is 4.79 Å². The molecule has 1 aromatic carbocycles. The van der Waals surface area contributed by atoms with Crippen LogP contribution in [-0.4, -0.2) is 33.4 Å². The van der Waals surface area contributed by atoms with Gasteiger partial charge in [-0.05, 0) is 26.0 Å². The standard InChI is InChI=1S/C17H22N4O/c1-4-16-19-14-8-6-7-9-15(14)21(16)12-17(22)20(5-2)11-13(3)10-18/h6-9,13H,4-5,11-12H2,1-3H3/t13-/m1/s1. The van der Waals surface area contributed by atoms with Gasteiger partial charge in [-0.25, -0.2) is 4.98 Å². The number of aryl methyl sites for hydroxylation is 1. The molecule has 0 spiro atoms. The Hall–Kier alpha value is -2.35. The predicted molar refractivity (Wildman–Crippen MR) is 86.1 cm³/mol. The normalized spacial score (nSPS) is 12.1. The summed E-state index contributed by atoms with van der Waals surface area (Å²) in [7, 11) is 0. The summed E-state index contributed by atoms with van der Waals surface area (Å²) in [6.07, 6.45) is 0.780. The molecule has 1 heterocycles. The zero-order valence-electron chi connectivity index (χ0n) is 13.4. The number of imidazole rings is 1. The number of carbonyl (C=O) groups is 1. The van der Waals surface area contributed by atoms with Gasteiger partial charge in [0.1, 0.15) is 12.4 Å². The molecule has 0 unspecified atom stereocenters. The second-order valence-electron chi connectivity index (χ2n) is 5.42. The average molecular weight is 298 g/mol. The summed E-state index contributed by atoms with van der Waals surface area (Å²) in [6, 6.07) is 10.0. The molecule has 2 rings (SSSR count). The molecule has 0 radical (unpaired) electrons. The molecule has 5 heteroatoms. The topological polar surface area (TPSA) is 61.9 Å². The molecular formula is C17H22N4O. The molecule has 5 nitrogen and oxygen atoms in total. The van der Waals surface area contributed by atoms with Gasteiger partial charge in [0.2, 0.25) is 5.91 Å². The van der Waals surface area contributed by atoms with Gasteiger partial charge in [-0.1, -0.05) is 19.1 Å². The highest BCUT2D eigenvalue weighted by atomic mass is 16.2. The minimum Gasteiger partial charge on any atom is -0.340 e. The Balaban J connectivity index is 2.26. The summed E-state index contributed by atoms with van der Waals surface area (Å²) in [4.78, 5) is 18.9. The van der Waals surface area contributed by atoms with Gasteiger partial charge in [0, 0.05) is 19.5 Å². The number of rotatable bonds is 6. The first-order valence-electron chi connectivity index (χ1n) is 7.72. The van der Waals surface area contributed by atoms with Gasteiger partial charge in [0.05, 0.1) is 23.0 Å². The van der Waals surface area contributed by atoms with Crippen LogP contribution in [0.4, 0.5) is 0 Å². The first-order chi connectivity index (χ1) is 10.6. The van der Waals surface area contributed by atoms with Gasteiger partial charge < -0.3 is 9.47 Å². The number of hydrogen-bond donors (Lipinski definition) is 0. The minimum absolute atomic E-state index is 0.0300. The van der Waals surface area contributed by atoms with Crippen LogP contribution in [0.2, 0.25) is 0 Å². The molecule has 22 heavy (non-hydrogen) atoms. The van der Waals surface area contributed by atoms with Crippen LogP contribution in [0, 0.1) is 17.2 Å². The van der Waals surface area contributed by atoms with Gasteiger partial charge in [-0.3, -0.25) is 4.79 Å². The number of para-hydroxylation sites is 2. The Morgan fingerprint density at radius 2 is 2.14 bits per heavy atom. The smallest absolute Gasteiger partial charge is 0.242 e. The fourth-order valence-electron chi connectivity index (χ4n) is 2.59. The third-order valence-electron chi connectivity index (χ3n) is 3.79. The minimum atomic E-state index is -0.158. The highest BCUT2D eigenvalue weighted by Crippen LogP contribution is 2.17. The molecule has 0 saturated carbocycles. The average Bonchev–Trinajstić information content (AvgIpc) is 2.90. The zero-order valence-corrected chi connectivity index (χ0v) is 13.4. The van der Waals surface area contributed by atoms with E-state index in [2.05, 4.69) is 11.1 Å². The maximum Gasteiger partial charge on any atom is 0.242 e. The molecule has 0 aliphatic heterocycles. The molecule has 0 bridgehead atoms. The molecule has 2 aromatic rings. The fourth-order valence-corrected chi connectivity index (χ4v) is 2.59. The largest absolute Gasteiger partial charge is 0.340 e. The number of nitriles is 1. The van der Waals surface area contributed by atoms with Crippen molar-refractivity contribution in [3.63, 3.8) is 0 Å². The number of carbonyl (C=O) groups excluding carboxylic acids is 1. The molecule has 0 saturated heterocycles. The number of fused-ring (bicyclic) bond motifs is 1. The Kier molecular flexibility index (Phi) is 5.16. The van der Waals surface area contributed by atoms with Crippen LogP contribution < -0.4 is 0 Å². The van der Waals surface area contributed by atoms with Gasteiger partial charge in [0.25, 0.3) is 0 Å². The maximum atomic E-state index is 12.6. The van der Waals surface area contributed by atoms with Crippen LogP contribution in [-0.2, 0) is 17.8 Å². The third-order valence-corrected chi connectivity index (χ3v) is 3.79. The second kappa shape index (κ2) is 7.08. The highest BCUT2D eigenvalue weighted by Gasteiger charge is 2.18. The van der Waals surface area contributed by atoms with Crippen molar-refractivity contribution in [2.75, 3.05) is 13.1 Å². The quantitative estimate of drug-likeness (QED) is 0.823. The Morgan fingerprint density at radius 1 is 1.41 bits per heavy atom. The van der Waals surface area contributed by atoms with Gasteiger partial charge in [-0.2, -0.15) is 5.26 Å². The van der Waals surface area contributed by atoms with Crippen LogP contribution in [0.5, 0.6) is 0 Å². The van der Waals surface area contributed by atoms with Crippen molar-refractivity contribution in [3.8, 4) is 6.07 Å². The van der Waals surface area contributed by atoms with E-state index in [0.29, 0.717) is 13.1 Å². The first-order valence-corrected chi connectivity index (χ1v) is 7.72. The predicted octanol–water partition coefficient (Wildman–Crippen LogP) is 2.61. The Bertz CT molecular complexity index is 698. The summed E-state index contributed by atoms with van der Waals surface area (Å²) >= 11 is 0. The van der Waals surface area contributed by atoms with Gasteiger partial charge >= 0.3 is 0 Å². The number of aromatic nitrogens is 2. The van der Waals surface area contributed by atoms with E-state index in [-0.39, 0.29) is 18.4 Å². The molecule has 1 amide bonds. The number of likely N-dealkylation sites (N-methyl/N-ethyl adjacent to an activating group) is 1. The van der Waals surface area contributed by atoms with Crippen molar-refractivity contribution >= 4 is 16.9 Å². The molecule has 1 aromatic heterocycles. The van der Waals surface area contributed by atoms with E-state index >= 15 is 0 Å². The molecule has 0 N–H and O–H groups in total. The lowest BCUT2D eigenvalue weighted by Gasteiger charge is -2.22. The molecule has 1 atom stereocenters. The van der Waals surface area contributed by atoms with Crippen molar-refractivity contribution in [1.29, 1.82) is 5.26 Å². The van der Waals surface area contributed by atoms with E-state index in [0.717, 1.165) is 23.3 Å². The summed E-state index contributed by atoms with van der Waals surface area (Å²) in [5, 5.41) is 8.94. The molecule has 116 valence electrons. The summed E-state index contributed by atoms with van der Waals surface area (Å²) < 4.78 is 1.98. The van der Waals surface area contributed by atoms with E-state index < -0.39 is 0 Å². The Morgan fingerprint density at radius 3 is 2.77 bits per heavy atom. The number of nitrogens with zero attached hydrogens (tertiary/aromatic N) is 4. The third kappa shape index (κ3) is 3.28. The van der Waals surface area contributed by atoms with Crippen molar-refractivity contribution in [2.45, 2.75) is 33.7 Å². The van der Waals surface area contributed by atoms with E-state index in [9.17, 15) is 4.79 Å². The lowest BCUT2D eigenvalue weighted by atomic mass is 10.2. The van der Waals surface area contributed by atoms with E-state index in [1.165, 1.54) is 0 Å². The van der Waals surface area contributed by atoms with E-state index in [4.69, 9.17) is 5.26 Å². The van der Waals surface area contributed by atoms with Crippen LogP contribution in [0.1, 0.15) is 26.6 Å². The maximum absolute atomic E-state index is 12.6. The number of benzene rings is 1. The summed E-state index contributed by atoms with van der Waals surface area (Å²) in [5.41, 5.74) is 1.90. The lowest BCUT2D eigenvalue weighted by Crippen LogP contribution is -2.36. The molecular weight excluding hydrogens is 276 g/mol. The van der Waals surface area contributed by atoms with Crippen LogP contribution in [0.25, 0.3) is 11.0 Å². The fraction of sp³-hybridized carbons (Fsp3) is 0.471. The van der Waals surface area contributed by atoms with Crippen molar-refractivity contribution in [1.82, 2.24) is 14.5 Å². The van der Waals surface area contributed by atoms with E-state index in [1.54, 1.807) is 4.90 Å². The zero-order chi connectivity index (χ0) is 16.1. The van der Waals surface area contributed by atoms with Gasteiger partial charge in [0.15, 0.2) is 0 Å². The Labute approximate surface area is 131 Å². The first kappa shape index (κ1) is 16.0. The molecule has 0 aliphatic carbocycles. The van der Waals surface area contributed by atoms with Crippen LogP contribution in [0.3, 0.4) is 0 Å². The summed E-state index contributed by atoms with van der Waals surface area (Å²) in [6.45, 7) is 7.17. The SMILES string of the molecule is CCc1nc2ccccc2n1CC(=O)N(CC)C[C@H](C)C#N. The van der Waals surface area contributed by atoms with Crippen LogP contribution in [0.15, 0.2) is 24.3 Å². The molecule has 0 aliphatic rings. The lowest BCUT2D eigenvalue weighted by molar-refractivity contribution is -0.132. The second-order valence-corrected chi connectivity index (χ2v) is 5.42. The summed E-state index contributed by atoms with van der Waals surface area (Å²) in [5.74, 6) is 0.787. The van der Waals surface area contributed by atoms with Crippen LogP contribution >= 0.6 is 0 Å². The monoisotopic (exact) mass is 298 g/mol. The van der Waals surface area contributed by atoms with E-state index in [1.807, 2.05) is 49.6 Å². The van der Waals surface area contributed by atoms with Crippen molar-refractivity contribution in [2.24, 2.45) is 5.92 Å².